The van der Waals surface area contributed by atoms with Gasteiger partial charge in [-0.1, -0.05) is 31.2 Å². The van der Waals surface area contributed by atoms with Gasteiger partial charge in [0.15, 0.2) is 18.1 Å². The number of aromatic carboxylic acids is 1. The summed E-state index contributed by atoms with van der Waals surface area (Å²) in [6, 6.07) is 19.8. The number of nitrogens with one attached hydrogen (secondary N) is 1. The predicted molar refractivity (Wildman–Crippen MR) is 158 cm³/mol. The number of methoxy groups -OCH3 is 2. The quantitative estimate of drug-likeness (QED) is 0.286. The molecule has 9 heteroatoms. The van der Waals surface area contributed by atoms with E-state index in [2.05, 4.69) is 17.1 Å². The van der Waals surface area contributed by atoms with Crippen molar-refractivity contribution in [2.24, 2.45) is 0 Å². The molecule has 1 aromatic heterocycles. The average Bonchev–Trinajstić information content (AvgIpc) is 2.99. The van der Waals surface area contributed by atoms with Gasteiger partial charge in [-0.2, -0.15) is 0 Å². The molecule has 5 rings (SSSR count). The fourth-order valence-corrected chi connectivity index (χ4v) is 4.96. The molecule has 0 saturated carbocycles. The lowest BCUT2D eigenvalue weighted by molar-refractivity contribution is -0.118. The maximum atomic E-state index is 12.4. The summed E-state index contributed by atoms with van der Waals surface area (Å²) in [7, 11) is 3.12. The molecule has 3 aromatic carbocycles. The van der Waals surface area contributed by atoms with Crippen LogP contribution in [0.2, 0.25) is 0 Å². The third-order valence-corrected chi connectivity index (χ3v) is 7.00. The number of carbonyl (C=O) groups excluding carboxylic acids is 1. The molecule has 0 fully saturated rings. The molecule has 1 aliphatic heterocycles. The van der Waals surface area contributed by atoms with Gasteiger partial charge in [-0.3, -0.25) is 9.69 Å². The molecule has 0 aliphatic carbocycles. The summed E-state index contributed by atoms with van der Waals surface area (Å²) in [5, 5.41) is 13.6. The van der Waals surface area contributed by atoms with Crippen LogP contribution in [-0.4, -0.2) is 60.8 Å². The summed E-state index contributed by atoms with van der Waals surface area (Å²) in [4.78, 5) is 31.9. The number of para-hydroxylation sites is 1. The van der Waals surface area contributed by atoms with Gasteiger partial charge in [0.1, 0.15) is 5.75 Å². The van der Waals surface area contributed by atoms with Crippen LogP contribution in [0, 0.1) is 0 Å². The van der Waals surface area contributed by atoms with E-state index in [4.69, 9.17) is 19.2 Å². The first-order valence-corrected chi connectivity index (χ1v) is 13.2. The van der Waals surface area contributed by atoms with Crippen molar-refractivity contribution in [2.75, 3.05) is 39.2 Å². The molecule has 9 nitrogen and oxygen atoms in total. The molecule has 0 bridgehead atoms. The maximum Gasteiger partial charge on any atom is 0.336 e. The topological polar surface area (TPSA) is 110 Å². The number of nitrogens with zero attached hydrogens (tertiary/aromatic N) is 2. The lowest BCUT2D eigenvalue weighted by atomic mass is 9.92. The first kappa shape index (κ1) is 27.7. The third kappa shape index (κ3) is 6.00. The van der Waals surface area contributed by atoms with E-state index in [1.807, 2.05) is 36.4 Å². The summed E-state index contributed by atoms with van der Waals surface area (Å²) in [6.45, 7) is 3.75. The van der Waals surface area contributed by atoms with E-state index in [0.29, 0.717) is 63.7 Å². The number of aromatic nitrogens is 1. The van der Waals surface area contributed by atoms with Crippen molar-refractivity contribution in [2.45, 2.75) is 13.5 Å². The number of carboxylic acid groups (broad SMARTS) is 1. The number of fused-ring (bicyclic) bond motifs is 2. The molecule has 0 radical (unpaired) electrons. The Bertz CT molecular complexity index is 1630. The number of hydrogen-bond acceptors (Lipinski definition) is 7. The highest BCUT2D eigenvalue weighted by Crippen LogP contribution is 2.35. The number of rotatable bonds is 9. The Morgan fingerprint density at radius 1 is 1.00 bits per heavy atom. The molecule has 0 spiro atoms. The van der Waals surface area contributed by atoms with Gasteiger partial charge in [-0.25, -0.2) is 9.78 Å². The average molecular weight is 554 g/mol. The van der Waals surface area contributed by atoms with Crippen molar-refractivity contribution in [3.8, 4) is 17.2 Å². The lowest BCUT2D eigenvalue weighted by Gasteiger charge is -2.30. The van der Waals surface area contributed by atoms with Crippen LogP contribution in [0.1, 0.15) is 34.1 Å². The predicted octanol–water partition coefficient (Wildman–Crippen LogP) is 5.34. The van der Waals surface area contributed by atoms with Crippen LogP contribution in [0.25, 0.3) is 22.6 Å². The van der Waals surface area contributed by atoms with Crippen LogP contribution in [0.5, 0.6) is 17.2 Å². The normalized spacial score (nSPS) is 14.0. The number of likely N-dealkylation sites (N-methyl/N-ethyl adjacent to an activating group) is 1. The van der Waals surface area contributed by atoms with Gasteiger partial charge in [0, 0.05) is 29.7 Å². The molecule has 0 saturated heterocycles. The number of ether oxygens (including phenoxy) is 3. The van der Waals surface area contributed by atoms with E-state index in [1.165, 1.54) is 7.11 Å². The number of hydrogen-bond donors (Lipinski definition) is 2. The smallest absolute Gasteiger partial charge is 0.336 e. The third-order valence-electron chi connectivity index (χ3n) is 7.00. The zero-order valence-corrected chi connectivity index (χ0v) is 23.1. The Morgan fingerprint density at radius 3 is 2.49 bits per heavy atom. The van der Waals surface area contributed by atoms with Gasteiger partial charge >= 0.3 is 5.97 Å². The number of benzene rings is 3. The van der Waals surface area contributed by atoms with Crippen LogP contribution in [0.4, 0.5) is 5.69 Å². The zero-order chi connectivity index (χ0) is 28.9. The van der Waals surface area contributed by atoms with Gasteiger partial charge in [-0.05, 0) is 66.2 Å². The highest BCUT2D eigenvalue weighted by atomic mass is 16.5. The number of amides is 1. The van der Waals surface area contributed by atoms with E-state index in [9.17, 15) is 14.7 Å². The van der Waals surface area contributed by atoms with Crippen LogP contribution in [0.15, 0.2) is 66.7 Å². The van der Waals surface area contributed by atoms with Crippen LogP contribution in [-0.2, 0) is 11.3 Å². The van der Waals surface area contributed by atoms with Gasteiger partial charge in [0.05, 0.1) is 31.0 Å². The minimum atomic E-state index is -0.962. The number of anilines is 1. The van der Waals surface area contributed by atoms with Crippen molar-refractivity contribution in [1.82, 2.24) is 9.88 Å². The number of carbonyl (C=O) groups is 2. The molecule has 0 unspecified atom stereocenters. The Morgan fingerprint density at radius 2 is 1.78 bits per heavy atom. The SMILES string of the molecule is CCN1CC(=Cc2ccc(OCC(=O)Nc3ccc(OC)cc3)c(OC)c2)c2nc3ccccc3c(C(=O)O)c2C1. The molecule has 0 atom stereocenters. The summed E-state index contributed by atoms with van der Waals surface area (Å²) >= 11 is 0. The zero-order valence-electron chi connectivity index (χ0n) is 23.1. The number of carboxylic acids is 1. The van der Waals surface area contributed by atoms with Crippen LogP contribution in [0.3, 0.4) is 0 Å². The maximum absolute atomic E-state index is 12.4. The minimum absolute atomic E-state index is 0.198. The molecular formula is C32H31N3O6. The van der Waals surface area contributed by atoms with Gasteiger partial charge in [0.2, 0.25) is 0 Å². The van der Waals surface area contributed by atoms with E-state index < -0.39 is 5.97 Å². The van der Waals surface area contributed by atoms with Crippen molar-refractivity contribution < 1.29 is 28.9 Å². The molecular weight excluding hydrogens is 522 g/mol. The Kier molecular flexibility index (Phi) is 8.16. The second-order valence-electron chi connectivity index (χ2n) is 9.58. The molecule has 1 amide bonds. The van der Waals surface area contributed by atoms with Crippen LogP contribution >= 0.6 is 0 Å². The number of pyridine rings is 1. The van der Waals surface area contributed by atoms with Gasteiger partial charge in [-0.15, -0.1) is 0 Å². The summed E-state index contributed by atoms with van der Waals surface area (Å²) in [5.74, 6) is 0.323. The van der Waals surface area contributed by atoms with E-state index >= 15 is 0 Å². The first-order valence-electron chi connectivity index (χ1n) is 13.2. The Balaban J connectivity index is 1.41. The molecule has 4 aromatic rings. The Labute approximate surface area is 238 Å². The highest BCUT2D eigenvalue weighted by Gasteiger charge is 2.28. The largest absolute Gasteiger partial charge is 0.497 e. The van der Waals surface area contributed by atoms with E-state index in [-0.39, 0.29) is 12.5 Å². The molecule has 2 heterocycles. The summed E-state index contributed by atoms with van der Waals surface area (Å²) < 4.78 is 16.5. The lowest BCUT2D eigenvalue weighted by Crippen LogP contribution is -2.31. The van der Waals surface area contributed by atoms with Gasteiger partial charge in [0.25, 0.3) is 5.91 Å². The molecule has 1 aliphatic rings. The molecule has 2 N–H and O–H groups in total. The fourth-order valence-electron chi connectivity index (χ4n) is 4.96. The molecule has 41 heavy (non-hydrogen) atoms. The second kappa shape index (κ2) is 12.1. The van der Waals surface area contributed by atoms with Crippen molar-refractivity contribution in [3.63, 3.8) is 0 Å². The van der Waals surface area contributed by atoms with Crippen LogP contribution < -0.4 is 19.5 Å². The van der Waals surface area contributed by atoms with Crippen molar-refractivity contribution >= 4 is 40.1 Å². The van der Waals surface area contributed by atoms with Crippen molar-refractivity contribution in [1.29, 1.82) is 0 Å². The Hall–Kier alpha value is -4.89. The summed E-state index contributed by atoms with van der Waals surface area (Å²) in [6.07, 6.45) is 2.00. The monoisotopic (exact) mass is 553 g/mol. The summed E-state index contributed by atoms with van der Waals surface area (Å²) in [5.41, 5.74) is 4.73. The van der Waals surface area contributed by atoms with E-state index in [1.54, 1.807) is 43.5 Å². The van der Waals surface area contributed by atoms with Crippen molar-refractivity contribution in [3.05, 3.63) is 89.1 Å². The standard InChI is InChI=1S/C32H31N3O6/c1-4-35-17-21(31-25(18-35)30(32(37)38)24-7-5-6-8-26(24)34-31)15-20-9-14-27(28(16-20)40-3)41-19-29(36)33-22-10-12-23(39-2)13-11-22/h5-16H,4,17-19H2,1-3H3,(H,33,36)(H,37,38). The molecule has 210 valence electrons. The van der Waals surface area contributed by atoms with Gasteiger partial charge < -0.3 is 24.6 Å². The first-order chi connectivity index (χ1) is 19.9. The minimum Gasteiger partial charge on any atom is -0.497 e. The second-order valence-corrected chi connectivity index (χ2v) is 9.58. The van der Waals surface area contributed by atoms with E-state index in [0.717, 1.165) is 17.7 Å². The fraction of sp³-hybridized carbons (Fsp3) is 0.219. The highest BCUT2D eigenvalue weighted by molar-refractivity contribution is 6.06.